The van der Waals surface area contributed by atoms with Gasteiger partial charge in [0.2, 0.25) is 0 Å². The van der Waals surface area contributed by atoms with Crippen LogP contribution in [0.3, 0.4) is 0 Å². The first-order valence-corrected chi connectivity index (χ1v) is 15.7. The summed E-state index contributed by atoms with van der Waals surface area (Å²) in [5, 5.41) is 0.549. The molecule has 0 atom stereocenters. The van der Waals surface area contributed by atoms with Crippen LogP contribution in [0.1, 0.15) is 65.2 Å². The van der Waals surface area contributed by atoms with E-state index in [0.29, 0.717) is 33.2 Å². The number of ether oxygens (including phenoxy) is 2. The fourth-order valence-electron chi connectivity index (χ4n) is 5.00. The molecule has 0 bridgehead atoms. The van der Waals surface area contributed by atoms with Gasteiger partial charge in [0.1, 0.15) is 12.4 Å². The number of methoxy groups -OCH3 is 1. The molecule has 0 fully saturated rings. The first-order valence-electron chi connectivity index (χ1n) is 14.3. The minimum atomic E-state index is -4.06. The van der Waals surface area contributed by atoms with Crippen molar-refractivity contribution in [1.29, 1.82) is 0 Å². The lowest BCUT2D eigenvalue weighted by Gasteiger charge is -2.29. The summed E-state index contributed by atoms with van der Waals surface area (Å²) < 4.78 is 67.0. The molecule has 0 saturated carbocycles. The van der Waals surface area contributed by atoms with Gasteiger partial charge in [0.05, 0.1) is 17.5 Å². The zero-order valence-electron chi connectivity index (χ0n) is 26.4. The van der Waals surface area contributed by atoms with Crippen molar-refractivity contribution in [3.8, 4) is 16.9 Å². The van der Waals surface area contributed by atoms with Gasteiger partial charge in [-0.2, -0.15) is 0 Å². The van der Waals surface area contributed by atoms with E-state index in [1.54, 1.807) is 43.3 Å². The third-order valence-corrected chi connectivity index (χ3v) is 9.16. The molecule has 0 radical (unpaired) electrons. The van der Waals surface area contributed by atoms with Gasteiger partial charge in [0, 0.05) is 34.3 Å². The number of carbonyl (C=O) groups is 1. The van der Waals surface area contributed by atoms with Crippen LogP contribution >= 0.6 is 0 Å². The van der Waals surface area contributed by atoms with Crippen molar-refractivity contribution in [2.45, 2.75) is 70.6 Å². The fraction of sp³-hybridized carbons (Fsp3) is 0.343. The number of halogens is 2. The molecular formula is C35H39F2NO5S. The molecule has 1 heterocycles. The first kappa shape index (κ1) is 32.9. The summed E-state index contributed by atoms with van der Waals surface area (Å²) in [5.74, 6) is -0.253. The molecule has 0 N–H and O–H groups in total. The quantitative estimate of drug-likeness (QED) is 0.146. The molecule has 4 aromatic rings. The minimum absolute atomic E-state index is 0.0993. The minimum Gasteiger partial charge on any atom is -0.487 e. The molecule has 0 saturated heterocycles. The Labute approximate surface area is 258 Å². The number of carbonyl (C=O) groups excluding carboxylic acids is 1. The summed E-state index contributed by atoms with van der Waals surface area (Å²) in [6.07, 6.45) is 0.170. The highest BCUT2D eigenvalue weighted by molar-refractivity contribution is 7.90. The van der Waals surface area contributed by atoms with Crippen LogP contribution < -0.4 is 4.74 Å². The smallest absolute Gasteiger partial charge is 0.330 e. The Bertz CT molecular complexity index is 1830. The van der Waals surface area contributed by atoms with E-state index >= 15 is 0 Å². The molecule has 44 heavy (non-hydrogen) atoms. The maximum atomic E-state index is 14.0. The second-order valence-corrected chi connectivity index (χ2v) is 14.7. The van der Waals surface area contributed by atoms with Crippen LogP contribution in [-0.2, 0) is 30.4 Å². The normalized spacial score (nSPS) is 13.0. The van der Waals surface area contributed by atoms with Gasteiger partial charge in [-0.25, -0.2) is 26.0 Å². The van der Waals surface area contributed by atoms with E-state index in [2.05, 4.69) is 20.8 Å². The Morgan fingerprint density at radius 3 is 2.16 bits per heavy atom. The molecule has 9 heteroatoms. The lowest BCUT2D eigenvalue weighted by atomic mass is 9.78. The van der Waals surface area contributed by atoms with Crippen LogP contribution in [0.2, 0.25) is 0 Å². The Balaban J connectivity index is 2.17. The van der Waals surface area contributed by atoms with Crippen molar-refractivity contribution in [2.24, 2.45) is 0 Å². The van der Waals surface area contributed by atoms with Crippen molar-refractivity contribution < 1.29 is 31.5 Å². The lowest BCUT2D eigenvalue weighted by Crippen LogP contribution is -2.20. The molecule has 4 rings (SSSR count). The van der Waals surface area contributed by atoms with Gasteiger partial charge in [-0.05, 0) is 64.8 Å². The summed E-state index contributed by atoms with van der Waals surface area (Å²) in [4.78, 5) is 12.1. The molecule has 0 aliphatic carbocycles. The molecule has 0 amide bonds. The number of hydrogen-bond acceptors (Lipinski definition) is 5. The topological polar surface area (TPSA) is 74.6 Å². The van der Waals surface area contributed by atoms with E-state index in [1.807, 2.05) is 32.9 Å². The molecule has 234 valence electrons. The van der Waals surface area contributed by atoms with Crippen molar-refractivity contribution in [3.05, 3.63) is 89.6 Å². The van der Waals surface area contributed by atoms with Crippen molar-refractivity contribution >= 4 is 32.5 Å². The maximum absolute atomic E-state index is 14.0. The predicted octanol–water partition coefficient (Wildman–Crippen LogP) is 8.36. The van der Waals surface area contributed by atoms with Gasteiger partial charge in [-0.1, -0.05) is 71.9 Å². The van der Waals surface area contributed by atoms with Gasteiger partial charge >= 0.3 is 5.97 Å². The van der Waals surface area contributed by atoms with E-state index in [1.165, 1.54) is 35.5 Å². The molecule has 0 unspecified atom stereocenters. The third kappa shape index (κ3) is 6.73. The number of esters is 1. The summed E-state index contributed by atoms with van der Waals surface area (Å²) in [7, 11) is -2.77. The van der Waals surface area contributed by atoms with E-state index in [4.69, 9.17) is 9.47 Å². The SMILES string of the molecule is COC(=O)/C=C(/C)c1ccc2c(c1)c(-c1cc(C(C)(C)C)cc(C(C)(C)C)c1OCC(F)F)cn2S(=O)(=O)c1ccccc1. The Hall–Kier alpha value is -3.98. The van der Waals surface area contributed by atoms with E-state index < -0.39 is 34.4 Å². The zero-order valence-corrected chi connectivity index (χ0v) is 27.2. The summed E-state index contributed by atoms with van der Waals surface area (Å²) in [6, 6.07) is 17.2. The van der Waals surface area contributed by atoms with Crippen LogP contribution in [0.25, 0.3) is 27.6 Å². The second-order valence-electron chi connectivity index (χ2n) is 12.8. The number of rotatable bonds is 8. The average Bonchev–Trinajstić information content (AvgIpc) is 3.34. The van der Waals surface area contributed by atoms with Gasteiger partial charge in [0.25, 0.3) is 16.4 Å². The molecule has 6 nitrogen and oxygen atoms in total. The van der Waals surface area contributed by atoms with Crippen LogP contribution in [0.15, 0.2) is 77.8 Å². The van der Waals surface area contributed by atoms with E-state index in [-0.39, 0.29) is 16.1 Å². The molecule has 0 spiro atoms. The van der Waals surface area contributed by atoms with Crippen LogP contribution in [0, 0.1) is 0 Å². The monoisotopic (exact) mass is 623 g/mol. The number of alkyl halides is 2. The summed E-state index contributed by atoms with van der Waals surface area (Å²) >= 11 is 0. The van der Waals surface area contributed by atoms with Crippen molar-refractivity contribution in [1.82, 2.24) is 3.97 Å². The molecule has 3 aromatic carbocycles. The Morgan fingerprint density at radius 2 is 1.59 bits per heavy atom. The summed E-state index contributed by atoms with van der Waals surface area (Å²) in [6.45, 7) is 13.0. The van der Waals surface area contributed by atoms with Gasteiger partial charge < -0.3 is 9.47 Å². The zero-order chi connectivity index (χ0) is 32.6. The van der Waals surface area contributed by atoms with Gasteiger partial charge in [-0.3, -0.25) is 0 Å². The summed E-state index contributed by atoms with van der Waals surface area (Å²) in [5.41, 5.74) is 3.50. The number of hydrogen-bond donors (Lipinski definition) is 0. The van der Waals surface area contributed by atoms with Crippen LogP contribution in [0.5, 0.6) is 5.75 Å². The number of aromatic nitrogens is 1. The average molecular weight is 624 g/mol. The molecule has 0 aliphatic heterocycles. The highest BCUT2D eigenvalue weighted by Crippen LogP contribution is 2.46. The second kappa shape index (κ2) is 12.2. The molecule has 1 aromatic heterocycles. The molecular weight excluding hydrogens is 584 g/mol. The number of benzene rings is 3. The van der Waals surface area contributed by atoms with Crippen molar-refractivity contribution in [3.63, 3.8) is 0 Å². The standard InChI is InChI=1S/C35H39F2NO5S/c1-22(16-32(39)42-8)23-14-15-30-26(17-23)28(20-38(30)44(40,41)25-12-10-9-11-13-25)27-18-24(34(2,3)4)19-29(35(5,6)7)33(27)43-21-31(36)37/h9-20,31H,21H2,1-8H3/b22-16-. The van der Waals surface area contributed by atoms with E-state index in [0.717, 1.165) is 11.1 Å². The lowest BCUT2D eigenvalue weighted by molar-refractivity contribution is -0.134. The van der Waals surface area contributed by atoms with Crippen LogP contribution in [0.4, 0.5) is 8.78 Å². The third-order valence-electron chi connectivity index (χ3n) is 7.47. The highest BCUT2D eigenvalue weighted by Gasteiger charge is 2.30. The maximum Gasteiger partial charge on any atom is 0.330 e. The largest absolute Gasteiger partial charge is 0.487 e. The highest BCUT2D eigenvalue weighted by atomic mass is 32.2. The first-order chi connectivity index (χ1) is 20.4. The van der Waals surface area contributed by atoms with Gasteiger partial charge in [-0.15, -0.1) is 0 Å². The number of fused-ring (bicyclic) bond motifs is 1. The predicted molar refractivity (Wildman–Crippen MR) is 171 cm³/mol. The Kier molecular flexibility index (Phi) is 9.12. The van der Waals surface area contributed by atoms with Crippen LogP contribution in [-0.4, -0.2) is 38.5 Å². The van der Waals surface area contributed by atoms with Gasteiger partial charge in [0.15, 0.2) is 0 Å². The van der Waals surface area contributed by atoms with E-state index in [9.17, 15) is 22.0 Å². The molecule has 0 aliphatic rings. The number of nitrogens with zero attached hydrogens (tertiary/aromatic N) is 1. The number of allylic oxidation sites excluding steroid dienone is 1. The Morgan fingerprint density at radius 1 is 0.932 bits per heavy atom. The van der Waals surface area contributed by atoms with Crippen molar-refractivity contribution in [2.75, 3.05) is 13.7 Å². The fourth-order valence-corrected chi connectivity index (χ4v) is 6.40.